The van der Waals surface area contributed by atoms with Crippen LogP contribution in [-0.4, -0.2) is 53.4 Å². The molecule has 1 aliphatic rings. The highest BCUT2D eigenvalue weighted by atomic mass is 32.2. The molecule has 1 heterocycles. The highest BCUT2D eigenvalue weighted by Crippen LogP contribution is 2.40. The zero-order chi connectivity index (χ0) is 32.8. The Labute approximate surface area is 272 Å². The third kappa shape index (κ3) is 8.03. The van der Waals surface area contributed by atoms with E-state index in [-0.39, 0.29) is 17.7 Å². The molecule has 236 valence electrons. The van der Waals surface area contributed by atoms with Gasteiger partial charge >= 0.3 is 23.9 Å². The molecule has 0 radical (unpaired) electrons. The molecule has 1 fully saturated rings. The monoisotopic (exact) mass is 638 g/mol. The van der Waals surface area contributed by atoms with Gasteiger partial charge in [0.1, 0.15) is 6.61 Å². The molecule has 2 unspecified atom stereocenters. The van der Waals surface area contributed by atoms with Crippen LogP contribution in [0.25, 0.3) is 0 Å². The maximum Gasteiger partial charge on any atom is 0.339 e. The van der Waals surface area contributed by atoms with E-state index in [9.17, 15) is 19.2 Å². The summed E-state index contributed by atoms with van der Waals surface area (Å²) in [6, 6.07) is 27.4. The van der Waals surface area contributed by atoms with Crippen LogP contribution in [0.1, 0.15) is 63.7 Å². The van der Waals surface area contributed by atoms with Gasteiger partial charge in [-0.1, -0.05) is 70.8 Å². The molecule has 0 N–H and O–H groups in total. The summed E-state index contributed by atoms with van der Waals surface area (Å²) in [5.41, 5.74) is 4.01. The van der Waals surface area contributed by atoms with Crippen molar-refractivity contribution >= 4 is 35.6 Å². The predicted octanol–water partition coefficient (Wildman–Crippen LogP) is 6.83. The summed E-state index contributed by atoms with van der Waals surface area (Å²) in [5, 5.41) is -0.740. The number of esters is 4. The van der Waals surface area contributed by atoms with Crippen LogP contribution in [0.4, 0.5) is 0 Å². The number of aryl methyl sites for hydroxylation is 4. The van der Waals surface area contributed by atoms with Crippen molar-refractivity contribution in [3.63, 3.8) is 0 Å². The van der Waals surface area contributed by atoms with E-state index in [0.29, 0.717) is 11.1 Å². The third-order valence-corrected chi connectivity index (χ3v) is 8.89. The first kappa shape index (κ1) is 32.5. The molecule has 1 aliphatic heterocycles. The van der Waals surface area contributed by atoms with Crippen LogP contribution >= 0.6 is 11.8 Å². The van der Waals surface area contributed by atoms with E-state index < -0.39 is 46.8 Å². The summed E-state index contributed by atoms with van der Waals surface area (Å²) < 4.78 is 23.5. The molecule has 0 saturated carbocycles. The zero-order valence-corrected chi connectivity index (χ0v) is 26.7. The molecule has 4 atom stereocenters. The number of carbonyl (C=O) groups is 4. The van der Waals surface area contributed by atoms with E-state index >= 15 is 0 Å². The molecule has 8 nitrogen and oxygen atoms in total. The molecule has 0 aromatic heterocycles. The summed E-state index contributed by atoms with van der Waals surface area (Å²) in [6.07, 6.45) is -2.35. The molecule has 1 saturated heterocycles. The lowest BCUT2D eigenvalue weighted by atomic mass is 10.1. The lowest BCUT2D eigenvalue weighted by Gasteiger charge is -2.25. The quantitative estimate of drug-likeness (QED) is 0.144. The van der Waals surface area contributed by atoms with E-state index in [4.69, 9.17) is 18.9 Å². The molecule has 0 spiro atoms. The molecule has 5 rings (SSSR count). The van der Waals surface area contributed by atoms with Crippen molar-refractivity contribution in [1.82, 2.24) is 0 Å². The van der Waals surface area contributed by atoms with Gasteiger partial charge in [-0.2, -0.15) is 0 Å². The lowest BCUT2D eigenvalue weighted by molar-refractivity contribution is -0.0607. The van der Waals surface area contributed by atoms with Crippen molar-refractivity contribution in [1.29, 1.82) is 0 Å². The number of benzene rings is 4. The summed E-state index contributed by atoms with van der Waals surface area (Å²) in [5.74, 6) is -2.56. The van der Waals surface area contributed by atoms with Gasteiger partial charge in [-0.25, -0.2) is 19.2 Å². The minimum atomic E-state index is -1.22. The number of carbonyl (C=O) groups excluding carboxylic acids is 4. The summed E-state index contributed by atoms with van der Waals surface area (Å²) in [4.78, 5) is 52.9. The molecular weight excluding hydrogens is 604 g/mol. The van der Waals surface area contributed by atoms with Crippen LogP contribution in [-0.2, 0) is 18.9 Å². The van der Waals surface area contributed by atoms with E-state index in [1.165, 1.54) is 0 Å². The van der Waals surface area contributed by atoms with Gasteiger partial charge in [0.25, 0.3) is 0 Å². The van der Waals surface area contributed by atoms with Crippen molar-refractivity contribution in [2.45, 2.75) is 50.6 Å². The molecular formula is C37H34O8S. The average molecular weight is 639 g/mol. The van der Waals surface area contributed by atoms with Crippen molar-refractivity contribution in [3.8, 4) is 0 Å². The Morgan fingerprint density at radius 1 is 0.478 bits per heavy atom. The Balaban J connectivity index is 1.45. The first-order valence-electron chi connectivity index (χ1n) is 14.8. The Hall–Kier alpha value is -4.89. The number of hydrogen-bond donors (Lipinski definition) is 0. The summed E-state index contributed by atoms with van der Waals surface area (Å²) >= 11 is 1.10. The minimum Gasteiger partial charge on any atom is -0.461 e. The van der Waals surface area contributed by atoms with Gasteiger partial charge < -0.3 is 18.9 Å². The van der Waals surface area contributed by atoms with Crippen LogP contribution in [0.2, 0.25) is 0 Å². The Morgan fingerprint density at radius 3 is 1.20 bits per heavy atom. The van der Waals surface area contributed by atoms with Crippen molar-refractivity contribution < 1.29 is 38.1 Å². The van der Waals surface area contributed by atoms with E-state index in [1.807, 2.05) is 27.7 Å². The highest BCUT2D eigenvalue weighted by Gasteiger charge is 2.52. The van der Waals surface area contributed by atoms with Crippen LogP contribution in [0, 0.1) is 27.7 Å². The molecule has 9 heteroatoms. The fourth-order valence-electron chi connectivity index (χ4n) is 4.74. The fraction of sp³-hybridized carbons (Fsp3) is 0.243. The largest absolute Gasteiger partial charge is 0.461 e. The molecule has 4 aromatic carbocycles. The smallest absolute Gasteiger partial charge is 0.339 e. The van der Waals surface area contributed by atoms with Crippen LogP contribution in [0.3, 0.4) is 0 Å². The molecule has 4 aromatic rings. The molecule has 0 amide bonds. The normalized spacial score (nSPS) is 18.8. The van der Waals surface area contributed by atoms with Crippen molar-refractivity contribution in [2.75, 3.05) is 6.61 Å². The SMILES string of the molecule is Cc1ccc(C(=O)OC[C@@H]2SC(OC(=O)c3ccc(C)cc3)C(OC(=O)c3ccc(C)cc3)[C@H]2OC(=O)c2ccc(C)cc2)cc1. The predicted molar refractivity (Wildman–Crippen MR) is 174 cm³/mol. The van der Waals surface area contributed by atoms with Crippen molar-refractivity contribution in [3.05, 3.63) is 142 Å². The first-order chi connectivity index (χ1) is 22.1. The second kappa shape index (κ2) is 14.5. The maximum atomic E-state index is 13.4. The standard InChI is InChI=1S/C37H34O8S/c1-22-5-13-26(14-6-22)33(38)42-21-30-31(43-34(39)27-15-7-23(2)8-16-27)32(44-35(40)28-17-9-24(3)10-18-28)37(46-30)45-36(41)29-19-11-25(4)12-20-29/h5-20,30-32,37H,21H2,1-4H3/t30-,31-,32?,37?/m0/s1. The Bertz CT molecular complexity index is 1700. The van der Waals surface area contributed by atoms with Crippen LogP contribution in [0.5, 0.6) is 0 Å². The van der Waals surface area contributed by atoms with Crippen LogP contribution < -0.4 is 0 Å². The topological polar surface area (TPSA) is 105 Å². The summed E-state index contributed by atoms with van der Waals surface area (Å²) in [7, 11) is 0. The summed E-state index contributed by atoms with van der Waals surface area (Å²) in [6.45, 7) is 7.40. The maximum absolute atomic E-state index is 13.4. The average Bonchev–Trinajstić information content (AvgIpc) is 3.35. The van der Waals surface area contributed by atoms with Crippen LogP contribution in [0.15, 0.2) is 97.1 Å². The van der Waals surface area contributed by atoms with Gasteiger partial charge in [-0.15, -0.1) is 11.8 Å². The number of rotatable bonds is 9. The first-order valence-corrected chi connectivity index (χ1v) is 15.7. The number of ether oxygens (including phenoxy) is 4. The van der Waals surface area contributed by atoms with Crippen molar-refractivity contribution in [2.24, 2.45) is 0 Å². The minimum absolute atomic E-state index is 0.208. The zero-order valence-electron chi connectivity index (χ0n) is 25.9. The van der Waals surface area contributed by atoms with E-state index in [1.54, 1.807) is 97.1 Å². The second-order valence-electron chi connectivity index (χ2n) is 11.3. The highest BCUT2D eigenvalue weighted by molar-refractivity contribution is 8.00. The van der Waals surface area contributed by atoms with Gasteiger partial charge in [-0.3, -0.25) is 0 Å². The molecule has 0 aliphatic carbocycles. The van der Waals surface area contributed by atoms with E-state index in [0.717, 1.165) is 34.0 Å². The number of thioether (sulfide) groups is 1. The van der Waals surface area contributed by atoms with Gasteiger partial charge in [0.05, 0.1) is 27.5 Å². The molecule has 0 bridgehead atoms. The van der Waals surface area contributed by atoms with E-state index in [2.05, 4.69) is 0 Å². The number of hydrogen-bond acceptors (Lipinski definition) is 9. The van der Waals surface area contributed by atoms with Gasteiger partial charge in [0.15, 0.2) is 17.6 Å². The fourth-order valence-corrected chi connectivity index (χ4v) is 6.11. The van der Waals surface area contributed by atoms with Gasteiger partial charge in [0.2, 0.25) is 0 Å². The second-order valence-corrected chi connectivity index (χ2v) is 12.6. The van der Waals surface area contributed by atoms with Gasteiger partial charge in [-0.05, 0) is 76.2 Å². The lowest BCUT2D eigenvalue weighted by Crippen LogP contribution is -2.42. The third-order valence-electron chi connectivity index (χ3n) is 7.50. The Morgan fingerprint density at radius 2 is 0.804 bits per heavy atom. The Kier molecular flexibility index (Phi) is 10.2. The van der Waals surface area contributed by atoms with Gasteiger partial charge in [0, 0.05) is 0 Å². The molecule has 46 heavy (non-hydrogen) atoms.